The van der Waals surface area contributed by atoms with E-state index in [1.54, 1.807) is 17.0 Å². The summed E-state index contributed by atoms with van der Waals surface area (Å²) in [5.74, 6) is 0.0632. The number of hydrogen-bond acceptors (Lipinski definition) is 4. The molecule has 0 amide bonds. The van der Waals surface area contributed by atoms with E-state index >= 15 is 0 Å². The van der Waals surface area contributed by atoms with Gasteiger partial charge < -0.3 is 9.67 Å². The van der Waals surface area contributed by atoms with E-state index < -0.39 is 5.97 Å². The maximum absolute atomic E-state index is 11.1. The summed E-state index contributed by atoms with van der Waals surface area (Å²) < 4.78 is 1.79. The van der Waals surface area contributed by atoms with E-state index in [0.717, 1.165) is 0 Å². The lowest BCUT2D eigenvalue weighted by Gasteiger charge is -2.09. The smallest absolute Gasteiger partial charge is 0.339 e. The molecule has 0 aliphatic rings. The van der Waals surface area contributed by atoms with Crippen molar-refractivity contribution in [3.05, 3.63) is 29.8 Å². The summed E-state index contributed by atoms with van der Waals surface area (Å²) in [6.07, 6.45) is 4.78. The fourth-order valence-electron chi connectivity index (χ4n) is 1.69. The van der Waals surface area contributed by atoms with Crippen LogP contribution in [0.5, 0.6) is 0 Å². The van der Waals surface area contributed by atoms with Gasteiger partial charge in [0.25, 0.3) is 0 Å². The molecule has 0 unspecified atom stereocenters. The molecule has 0 spiro atoms. The van der Waals surface area contributed by atoms with Gasteiger partial charge >= 0.3 is 5.97 Å². The molecule has 0 aliphatic carbocycles. The van der Waals surface area contributed by atoms with Gasteiger partial charge in [0.1, 0.15) is 0 Å². The number of carbonyl (C=O) groups is 1. The molecule has 2 aromatic rings. The van der Waals surface area contributed by atoms with Crippen LogP contribution in [-0.4, -0.2) is 30.6 Å². The van der Waals surface area contributed by atoms with Crippen LogP contribution in [0.3, 0.4) is 0 Å². The average Bonchev–Trinajstić information content (AvgIpc) is 2.74. The first kappa shape index (κ1) is 12.2. The SMILES string of the molecule is CC(C)c1nc(-c2nccn2C)ncc1C(=O)O. The minimum Gasteiger partial charge on any atom is -0.478 e. The van der Waals surface area contributed by atoms with Crippen LogP contribution in [0.2, 0.25) is 0 Å². The van der Waals surface area contributed by atoms with Crippen molar-refractivity contribution in [3.8, 4) is 11.6 Å². The Labute approximate surface area is 104 Å². The van der Waals surface area contributed by atoms with Gasteiger partial charge in [0.15, 0.2) is 11.6 Å². The van der Waals surface area contributed by atoms with Crippen LogP contribution in [0, 0.1) is 0 Å². The third kappa shape index (κ3) is 2.09. The van der Waals surface area contributed by atoms with Crippen LogP contribution in [0.4, 0.5) is 0 Å². The van der Waals surface area contributed by atoms with Gasteiger partial charge in [0.2, 0.25) is 0 Å². The number of hydrogen-bond donors (Lipinski definition) is 1. The van der Waals surface area contributed by atoms with Crippen LogP contribution in [-0.2, 0) is 7.05 Å². The Bertz CT molecular complexity index is 590. The zero-order valence-corrected chi connectivity index (χ0v) is 10.5. The van der Waals surface area contributed by atoms with Crippen molar-refractivity contribution >= 4 is 5.97 Å². The Morgan fingerprint density at radius 1 is 1.39 bits per heavy atom. The quantitative estimate of drug-likeness (QED) is 0.891. The molecule has 0 saturated heterocycles. The lowest BCUT2D eigenvalue weighted by Crippen LogP contribution is -2.09. The lowest BCUT2D eigenvalue weighted by molar-refractivity contribution is 0.0694. The number of nitrogens with zero attached hydrogens (tertiary/aromatic N) is 4. The Morgan fingerprint density at radius 3 is 2.61 bits per heavy atom. The average molecular weight is 246 g/mol. The molecule has 18 heavy (non-hydrogen) atoms. The van der Waals surface area contributed by atoms with Gasteiger partial charge in [-0.25, -0.2) is 19.7 Å². The minimum absolute atomic E-state index is 0.0121. The van der Waals surface area contributed by atoms with Crippen LogP contribution in [0.25, 0.3) is 11.6 Å². The fourth-order valence-corrected chi connectivity index (χ4v) is 1.69. The first-order valence-corrected chi connectivity index (χ1v) is 5.58. The van der Waals surface area contributed by atoms with Gasteiger partial charge in [0.05, 0.1) is 11.3 Å². The van der Waals surface area contributed by atoms with Gasteiger partial charge in [-0.05, 0) is 5.92 Å². The molecule has 0 fully saturated rings. The second-order valence-electron chi connectivity index (χ2n) is 4.31. The van der Waals surface area contributed by atoms with E-state index in [2.05, 4.69) is 15.0 Å². The van der Waals surface area contributed by atoms with Crippen molar-refractivity contribution in [2.75, 3.05) is 0 Å². The molecule has 0 saturated carbocycles. The predicted molar refractivity (Wildman–Crippen MR) is 65.3 cm³/mol. The Balaban J connectivity index is 2.57. The first-order chi connectivity index (χ1) is 8.50. The van der Waals surface area contributed by atoms with Gasteiger partial charge in [0, 0.05) is 25.6 Å². The van der Waals surface area contributed by atoms with Crippen molar-refractivity contribution in [2.24, 2.45) is 7.05 Å². The van der Waals surface area contributed by atoms with E-state index in [-0.39, 0.29) is 11.5 Å². The molecular weight excluding hydrogens is 232 g/mol. The zero-order chi connectivity index (χ0) is 13.3. The summed E-state index contributed by atoms with van der Waals surface area (Å²) in [7, 11) is 1.84. The van der Waals surface area contributed by atoms with E-state index in [0.29, 0.717) is 17.3 Å². The number of aromatic carboxylic acids is 1. The fraction of sp³-hybridized carbons (Fsp3) is 0.333. The van der Waals surface area contributed by atoms with Gasteiger partial charge in [-0.1, -0.05) is 13.8 Å². The molecule has 94 valence electrons. The number of carboxylic acid groups (broad SMARTS) is 1. The maximum Gasteiger partial charge on any atom is 0.339 e. The highest BCUT2D eigenvalue weighted by atomic mass is 16.4. The van der Waals surface area contributed by atoms with Crippen molar-refractivity contribution in [1.29, 1.82) is 0 Å². The Hall–Kier alpha value is -2.24. The molecule has 2 heterocycles. The summed E-state index contributed by atoms with van der Waals surface area (Å²) in [6.45, 7) is 3.80. The highest BCUT2D eigenvalue weighted by Crippen LogP contribution is 2.20. The highest BCUT2D eigenvalue weighted by molar-refractivity contribution is 5.88. The van der Waals surface area contributed by atoms with Gasteiger partial charge in [-0.2, -0.15) is 0 Å². The van der Waals surface area contributed by atoms with Crippen LogP contribution in [0.15, 0.2) is 18.6 Å². The molecule has 2 aromatic heterocycles. The first-order valence-electron chi connectivity index (χ1n) is 5.58. The summed E-state index contributed by atoms with van der Waals surface area (Å²) in [5.41, 5.74) is 0.665. The largest absolute Gasteiger partial charge is 0.478 e. The highest BCUT2D eigenvalue weighted by Gasteiger charge is 2.18. The topological polar surface area (TPSA) is 80.9 Å². The van der Waals surface area contributed by atoms with Gasteiger partial charge in [-0.15, -0.1) is 0 Å². The number of carboxylic acids is 1. The number of aryl methyl sites for hydroxylation is 1. The van der Waals surface area contributed by atoms with Crippen molar-refractivity contribution in [1.82, 2.24) is 19.5 Å². The molecule has 1 N–H and O–H groups in total. The summed E-state index contributed by atoms with van der Waals surface area (Å²) in [5, 5.41) is 9.09. The predicted octanol–water partition coefficient (Wildman–Crippen LogP) is 1.70. The number of aromatic nitrogens is 4. The second kappa shape index (κ2) is 4.56. The maximum atomic E-state index is 11.1. The normalized spacial score (nSPS) is 10.9. The molecule has 6 heteroatoms. The zero-order valence-electron chi connectivity index (χ0n) is 10.5. The monoisotopic (exact) mass is 246 g/mol. The number of imidazole rings is 1. The third-order valence-electron chi connectivity index (χ3n) is 2.62. The van der Waals surface area contributed by atoms with Gasteiger partial charge in [-0.3, -0.25) is 0 Å². The molecule has 6 nitrogen and oxygen atoms in total. The van der Waals surface area contributed by atoms with Crippen LogP contribution in [0.1, 0.15) is 35.8 Å². The summed E-state index contributed by atoms with van der Waals surface area (Å²) in [4.78, 5) is 23.6. The molecule has 2 rings (SSSR count). The summed E-state index contributed by atoms with van der Waals surface area (Å²) in [6, 6.07) is 0. The van der Waals surface area contributed by atoms with Crippen LogP contribution >= 0.6 is 0 Å². The second-order valence-corrected chi connectivity index (χ2v) is 4.31. The molecular formula is C12H14N4O2. The van der Waals surface area contributed by atoms with Crippen molar-refractivity contribution in [2.45, 2.75) is 19.8 Å². The third-order valence-corrected chi connectivity index (χ3v) is 2.62. The molecule has 0 radical (unpaired) electrons. The van der Waals surface area contributed by atoms with E-state index in [9.17, 15) is 4.79 Å². The molecule has 0 bridgehead atoms. The van der Waals surface area contributed by atoms with Crippen LogP contribution < -0.4 is 0 Å². The Morgan fingerprint density at radius 2 is 2.11 bits per heavy atom. The lowest BCUT2D eigenvalue weighted by atomic mass is 10.1. The minimum atomic E-state index is -1.01. The van der Waals surface area contributed by atoms with E-state index in [1.807, 2.05) is 20.9 Å². The van der Waals surface area contributed by atoms with E-state index in [4.69, 9.17) is 5.11 Å². The van der Waals surface area contributed by atoms with Crippen molar-refractivity contribution in [3.63, 3.8) is 0 Å². The molecule has 0 atom stereocenters. The standard InChI is InChI=1S/C12H14N4O2/c1-7(2)9-8(12(17)18)6-14-10(15-9)11-13-4-5-16(11)3/h4-7H,1-3H3,(H,17,18). The number of rotatable bonds is 3. The van der Waals surface area contributed by atoms with Crippen molar-refractivity contribution < 1.29 is 9.90 Å². The van der Waals surface area contributed by atoms with E-state index in [1.165, 1.54) is 6.20 Å². The summed E-state index contributed by atoms with van der Waals surface area (Å²) >= 11 is 0. The molecule has 0 aliphatic heterocycles. The Kier molecular flexibility index (Phi) is 3.10. The molecule has 0 aromatic carbocycles.